The lowest BCUT2D eigenvalue weighted by molar-refractivity contribution is 0.0122. The number of phenols is 1. The van der Waals surface area contributed by atoms with Crippen molar-refractivity contribution in [2.45, 2.75) is 58.3 Å². The Morgan fingerprint density at radius 3 is 2.44 bits per heavy atom. The van der Waals surface area contributed by atoms with Gasteiger partial charge in [-0.1, -0.05) is 13.0 Å². The number of hydrogen-bond donors (Lipinski definition) is 4. The molecule has 0 aliphatic rings. The van der Waals surface area contributed by atoms with Crippen molar-refractivity contribution in [3.8, 4) is 5.75 Å². The predicted molar refractivity (Wildman–Crippen MR) is 92.5 cm³/mol. The van der Waals surface area contributed by atoms with E-state index in [9.17, 15) is 24.9 Å². The van der Waals surface area contributed by atoms with Crippen molar-refractivity contribution >= 4 is 11.9 Å². The summed E-state index contributed by atoms with van der Waals surface area (Å²) in [5.41, 5.74) is -0.186. The molecule has 1 amide bonds. The van der Waals surface area contributed by atoms with E-state index in [0.717, 1.165) is 0 Å². The molecule has 0 bridgehead atoms. The largest absolute Gasteiger partial charge is 0.507 e. The summed E-state index contributed by atoms with van der Waals surface area (Å²) in [6, 6.07) is 4.13. The Morgan fingerprint density at radius 2 is 1.88 bits per heavy atom. The van der Waals surface area contributed by atoms with Gasteiger partial charge < -0.3 is 25.4 Å². The van der Waals surface area contributed by atoms with Crippen molar-refractivity contribution in [2.75, 3.05) is 6.54 Å². The van der Waals surface area contributed by atoms with Crippen LogP contribution in [0.2, 0.25) is 0 Å². The molecular formula is C18H27NO6. The molecule has 1 aromatic carbocycles. The third-order valence-electron chi connectivity index (χ3n) is 3.46. The minimum absolute atomic E-state index is 0.0956. The molecule has 4 N–H and O–H groups in total. The van der Waals surface area contributed by atoms with Crippen molar-refractivity contribution in [3.63, 3.8) is 0 Å². The molecule has 2 unspecified atom stereocenters. The molecule has 140 valence electrons. The number of alkyl carbamates (subject to hydrolysis) is 1. The first kappa shape index (κ1) is 20.9. The van der Waals surface area contributed by atoms with E-state index >= 15 is 0 Å². The number of hydrogen-bond acceptors (Lipinski definition) is 6. The van der Waals surface area contributed by atoms with E-state index in [1.54, 1.807) is 27.7 Å². The maximum atomic E-state index is 11.8. The minimum atomic E-state index is -1.25. The Hall–Kier alpha value is -2.12. The smallest absolute Gasteiger partial charge is 0.407 e. The van der Waals surface area contributed by atoms with E-state index in [4.69, 9.17) is 4.74 Å². The van der Waals surface area contributed by atoms with E-state index in [1.165, 1.54) is 18.2 Å². The van der Waals surface area contributed by atoms with Gasteiger partial charge in [0.05, 0.1) is 11.7 Å². The first-order valence-corrected chi connectivity index (χ1v) is 8.24. The van der Waals surface area contributed by atoms with E-state index in [-0.39, 0.29) is 36.5 Å². The van der Waals surface area contributed by atoms with Gasteiger partial charge in [-0.25, -0.2) is 4.79 Å². The summed E-state index contributed by atoms with van der Waals surface area (Å²) in [6.07, 6.45) is -2.68. The number of ether oxygens (including phenoxy) is 1. The Bertz CT molecular complexity index is 608. The van der Waals surface area contributed by atoms with Crippen LogP contribution in [-0.2, 0) is 4.74 Å². The highest BCUT2D eigenvalue weighted by molar-refractivity contribution is 5.98. The summed E-state index contributed by atoms with van der Waals surface area (Å²) in [5, 5.41) is 32.5. The third-order valence-corrected chi connectivity index (χ3v) is 3.46. The average Bonchev–Trinajstić information content (AvgIpc) is 2.52. The zero-order valence-corrected chi connectivity index (χ0v) is 15.1. The van der Waals surface area contributed by atoms with Crippen LogP contribution in [0.5, 0.6) is 5.75 Å². The minimum Gasteiger partial charge on any atom is -0.507 e. The molecule has 0 aliphatic heterocycles. The summed E-state index contributed by atoms with van der Waals surface area (Å²) >= 11 is 0. The molecule has 0 aromatic heterocycles. The Kier molecular flexibility index (Phi) is 7.38. The lowest BCUT2D eigenvalue weighted by Crippen LogP contribution is -2.34. The number of nitrogens with one attached hydrogen (secondary N) is 1. The molecule has 0 spiro atoms. The van der Waals surface area contributed by atoms with Gasteiger partial charge in [-0.3, -0.25) is 4.79 Å². The quantitative estimate of drug-likeness (QED) is 0.559. The molecule has 1 aromatic rings. The molecule has 2 atom stereocenters. The van der Waals surface area contributed by atoms with Crippen LogP contribution in [0.25, 0.3) is 0 Å². The molecule has 25 heavy (non-hydrogen) atoms. The molecule has 0 radical (unpaired) electrons. The second-order valence-corrected chi connectivity index (χ2v) is 6.78. The van der Waals surface area contributed by atoms with Crippen molar-refractivity contribution in [3.05, 3.63) is 29.3 Å². The number of Topliss-reactive ketones (excluding diaryl/α,β-unsaturated/α-hetero) is 1. The number of carbonyl (C=O) groups excluding carboxylic acids is 2. The number of rotatable bonds is 7. The summed E-state index contributed by atoms with van der Waals surface area (Å²) < 4.78 is 5.07. The summed E-state index contributed by atoms with van der Waals surface area (Å²) in [5.74, 6) is -0.420. The maximum absolute atomic E-state index is 11.8. The van der Waals surface area contributed by atoms with E-state index in [2.05, 4.69) is 5.32 Å². The number of phenolic OH excluding ortho intramolecular Hbond substituents is 1. The van der Waals surface area contributed by atoms with Crippen LogP contribution < -0.4 is 5.32 Å². The number of amides is 1. The zero-order chi connectivity index (χ0) is 19.2. The van der Waals surface area contributed by atoms with Crippen molar-refractivity contribution in [1.82, 2.24) is 5.32 Å². The van der Waals surface area contributed by atoms with Gasteiger partial charge in [-0.2, -0.15) is 0 Å². The van der Waals surface area contributed by atoms with Crippen molar-refractivity contribution in [2.24, 2.45) is 0 Å². The van der Waals surface area contributed by atoms with E-state index in [1.807, 2.05) is 0 Å². The molecule has 0 saturated carbocycles. The predicted octanol–water partition coefficient (Wildman–Crippen LogP) is 2.29. The highest BCUT2D eigenvalue weighted by Crippen LogP contribution is 2.26. The van der Waals surface area contributed by atoms with Crippen molar-refractivity contribution < 1.29 is 29.6 Å². The lowest BCUT2D eigenvalue weighted by atomic mass is 9.97. The van der Waals surface area contributed by atoms with Crippen molar-refractivity contribution in [1.29, 1.82) is 0 Å². The zero-order valence-electron chi connectivity index (χ0n) is 15.1. The van der Waals surface area contributed by atoms with Gasteiger partial charge in [0, 0.05) is 13.0 Å². The Balaban J connectivity index is 2.63. The highest BCUT2D eigenvalue weighted by atomic mass is 16.6. The fourth-order valence-electron chi connectivity index (χ4n) is 2.17. The highest BCUT2D eigenvalue weighted by Gasteiger charge is 2.21. The SMILES string of the molecule is CCC(=O)c1cc(C(O)C(O)CCNC(=O)OC(C)(C)C)ccc1O. The third kappa shape index (κ3) is 6.72. The van der Waals surface area contributed by atoms with Crippen LogP contribution in [0.4, 0.5) is 4.79 Å². The van der Waals surface area contributed by atoms with E-state index < -0.39 is 23.9 Å². The van der Waals surface area contributed by atoms with Crippen LogP contribution >= 0.6 is 0 Å². The first-order valence-electron chi connectivity index (χ1n) is 8.24. The van der Waals surface area contributed by atoms with Gasteiger partial charge in [0.15, 0.2) is 5.78 Å². The summed E-state index contributed by atoms with van der Waals surface area (Å²) in [4.78, 5) is 23.3. The standard InChI is InChI=1S/C18H27NO6/c1-5-13(20)12-10-11(6-7-14(12)21)16(23)15(22)8-9-19-17(24)25-18(2,3)4/h6-7,10,15-16,21-23H,5,8-9H2,1-4H3,(H,19,24). The molecule has 7 nitrogen and oxygen atoms in total. The van der Waals surface area contributed by atoms with Gasteiger partial charge in [0.2, 0.25) is 0 Å². The first-order chi connectivity index (χ1) is 11.5. The Labute approximate surface area is 147 Å². The number of carbonyl (C=O) groups is 2. The molecule has 7 heteroatoms. The van der Waals surface area contributed by atoms with Gasteiger partial charge in [0.1, 0.15) is 17.5 Å². The van der Waals surface area contributed by atoms with Crippen LogP contribution in [0.1, 0.15) is 62.6 Å². The monoisotopic (exact) mass is 353 g/mol. The normalized spacial score (nSPS) is 13.8. The average molecular weight is 353 g/mol. The fourth-order valence-corrected chi connectivity index (χ4v) is 2.17. The maximum Gasteiger partial charge on any atom is 0.407 e. The molecule has 0 heterocycles. The van der Waals surface area contributed by atoms with Crippen LogP contribution in [0, 0.1) is 0 Å². The molecule has 1 rings (SSSR count). The number of aliphatic hydroxyl groups is 2. The fraction of sp³-hybridized carbons (Fsp3) is 0.556. The number of aliphatic hydroxyl groups excluding tert-OH is 2. The summed E-state index contributed by atoms with van der Waals surface area (Å²) in [7, 11) is 0. The van der Waals surface area contributed by atoms with Gasteiger partial charge in [0.25, 0.3) is 0 Å². The van der Waals surface area contributed by atoms with Gasteiger partial charge in [-0.05, 0) is 44.9 Å². The van der Waals surface area contributed by atoms with Gasteiger partial charge >= 0.3 is 6.09 Å². The number of benzene rings is 1. The van der Waals surface area contributed by atoms with Gasteiger partial charge in [-0.15, -0.1) is 0 Å². The Morgan fingerprint density at radius 1 is 1.24 bits per heavy atom. The second-order valence-electron chi connectivity index (χ2n) is 6.78. The lowest BCUT2D eigenvalue weighted by Gasteiger charge is -2.21. The molecule has 0 fully saturated rings. The van der Waals surface area contributed by atoms with Crippen LogP contribution in [0.3, 0.4) is 0 Å². The van der Waals surface area contributed by atoms with E-state index in [0.29, 0.717) is 5.56 Å². The molecule has 0 saturated heterocycles. The summed E-state index contributed by atoms with van der Waals surface area (Å²) in [6.45, 7) is 7.01. The number of aromatic hydroxyl groups is 1. The second kappa shape index (κ2) is 8.82. The molecule has 0 aliphatic carbocycles. The molecular weight excluding hydrogens is 326 g/mol. The van der Waals surface area contributed by atoms with Crippen LogP contribution in [0.15, 0.2) is 18.2 Å². The topological polar surface area (TPSA) is 116 Å². The number of ketones is 1. The van der Waals surface area contributed by atoms with Crippen LogP contribution in [-0.4, -0.2) is 45.4 Å².